The second-order valence-corrected chi connectivity index (χ2v) is 3.21. The topological polar surface area (TPSA) is 105 Å². The molecule has 0 unspecified atom stereocenters. The van der Waals surface area contributed by atoms with Crippen LogP contribution < -0.4 is 11.5 Å². The molecule has 0 saturated carbocycles. The number of nitrogens with zero attached hydrogens (tertiary/aromatic N) is 1. The molecule has 1 aromatic rings. The Morgan fingerprint density at radius 1 is 1.60 bits per heavy atom. The molecule has 0 aliphatic heterocycles. The van der Waals surface area contributed by atoms with Gasteiger partial charge < -0.3 is 21.7 Å². The molecule has 0 aliphatic rings. The van der Waals surface area contributed by atoms with Crippen LogP contribution in [0.5, 0.6) is 5.75 Å². The van der Waals surface area contributed by atoms with Gasteiger partial charge in [0, 0.05) is 29.6 Å². The SMILES string of the molecule is Cc1ncc(CO)c(C=C(N)CN)c1O. The van der Waals surface area contributed by atoms with Crippen molar-refractivity contribution in [2.75, 3.05) is 6.54 Å². The van der Waals surface area contributed by atoms with Crippen LogP contribution in [-0.4, -0.2) is 21.7 Å². The quantitative estimate of drug-likeness (QED) is 0.554. The van der Waals surface area contributed by atoms with E-state index in [0.717, 1.165) is 0 Å². The number of aromatic nitrogens is 1. The van der Waals surface area contributed by atoms with Crippen molar-refractivity contribution in [3.8, 4) is 5.75 Å². The molecule has 0 spiro atoms. The summed E-state index contributed by atoms with van der Waals surface area (Å²) in [4.78, 5) is 3.93. The van der Waals surface area contributed by atoms with Crippen molar-refractivity contribution in [1.82, 2.24) is 4.98 Å². The molecule has 15 heavy (non-hydrogen) atoms. The lowest BCUT2D eigenvalue weighted by molar-refractivity contribution is 0.280. The van der Waals surface area contributed by atoms with Crippen molar-refractivity contribution >= 4 is 6.08 Å². The predicted molar refractivity (Wildman–Crippen MR) is 57.8 cm³/mol. The molecule has 0 fully saturated rings. The third-order valence-corrected chi connectivity index (χ3v) is 2.09. The van der Waals surface area contributed by atoms with Crippen LogP contribution in [0.15, 0.2) is 11.9 Å². The highest BCUT2D eigenvalue weighted by atomic mass is 16.3. The smallest absolute Gasteiger partial charge is 0.144 e. The van der Waals surface area contributed by atoms with Crippen LogP contribution >= 0.6 is 0 Å². The third-order valence-electron chi connectivity index (χ3n) is 2.09. The van der Waals surface area contributed by atoms with E-state index in [1.807, 2.05) is 0 Å². The number of aliphatic hydroxyl groups is 1. The summed E-state index contributed by atoms with van der Waals surface area (Å²) < 4.78 is 0. The number of pyridine rings is 1. The molecule has 0 radical (unpaired) electrons. The summed E-state index contributed by atoms with van der Waals surface area (Å²) in [5, 5.41) is 18.8. The van der Waals surface area contributed by atoms with E-state index in [2.05, 4.69) is 4.98 Å². The Morgan fingerprint density at radius 3 is 2.80 bits per heavy atom. The number of aryl methyl sites for hydroxylation is 1. The maximum atomic E-state index is 9.74. The van der Waals surface area contributed by atoms with Gasteiger partial charge >= 0.3 is 0 Å². The minimum absolute atomic E-state index is 0.0259. The Bertz CT molecular complexity index is 388. The largest absolute Gasteiger partial charge is 0.505 e. The van der Waals surface area contributed by atoms with E-state index >= 15 is 0 Å². The van der Waals surface area contributed by atoms with E-state index < -0.39 is 0 Å². The molecule has 82 valence electrons. The van der Waals surface area contributed by atoms with Crippen molar-refractivity contribution < 1.29 is 10.2 Å². The Hall–Kier alpha value is -1.59. The highest BCUT2D eigenvalue weighted by molar-refractivity contribution is 5.63. The van der Waals surface area contributed by atoms with Gasteiger partial charge in [0.2, 0.25) is 0 Å². The van der Waals surface area contributed by atoms with Crippen LogP contribution in [0.1, 0.15) is 16.8 Å². The minimum Gasteiger partial charge on any atom is -0.505 e. The molecule has 6 N–H and O–H groups in total. The fraction of sp³-hybridized carbons (Fsp3) is 0.300. The summed E-state index contributed by atoms with van der Waals surface area (Å²) >= 11 is 0. The number of aliphatic hydroxyl groups excluding tert-OH is 1. The predicted octanol–water partition coefficient (Wildman–Crippen LogP) is -0.154. The summed E-state index contributed by atoms with van der Waals surface area (Å²) in [5.74, 6) is 0.0259. The van der Waals surface area contributed by atoms with Crippen molar-refractivity contribution in [2.45, 2.75) is 13.5 Å². The second-order valence-electron chi connectivity index (χ2n) is 3.21. The standard InChI is InChI=1S/C10H15N3O2/c1-6-10(15)9(2-8(12)3-11)7(5-14)4-13-6/h2,4,14-15H,3,5,11-12H2,1H3. The third kappa shape index (κ3) is 2.45. The van der Waals surface area contributed by atoms with Crippen molar-refractivity contribution in [2.24, 2.45) is 11.5 Å². The molecule has 0 bridgehead atoms. The lowest BCUT2D eigenvalue weighted by Gasteiger charge is -2.08. The van der Waals surface area contributed by atoms with E-state index in [9.17, 15) is 5.11 Å². The van der Waals surface area contributed by atoms with Gasteiger partial charge in [-0.1, -0.05) is 0 Å². The van der Waals surface area contributed by atoms with Gasteiger partial charge in [-0.05, 0) is 13.0 Å². The molecule has 1 rings (SSSR count). The summed E-state index contributed by atoms with van der Waals surface area (Å²) in [6, 6.07) is 0. The molecule has 0 saturated heterocycles. The van der Waals surface area contributed by atoms with Crippen LogP contribution in [-0.2, 0) is 6.61 Å². The molecule has 0 aromatic carbocycles. The molecule has 1 heterocycles. The molecular formula is C10H15N3O2. The van der Waals surface area contributed by atoms with E-state index in [-0.39, 0.29) is 18.9 Å². The lowest BCUT2D eigenvalue weighted by Crippen LogP contribution is -2.11. The highest BCUT2D eigenvalue weighted by Gasteiger charge is 2.09. The number of aromatic hydroxyl groups is 1. The first-order valence-corrected chi connectivity index (χ1v) is 4.54. The second kappa shape index (κ2) is 4.77. The van der Waals surface area contributed by atoms with Crippen LogP contribution in [0.4, 0.5) is 0 Å². The Morgan fingerprint density at radius 2 is 2.27 bits per heavy atom. The van der Waals surface area contributed by atoms with Crippen LogP contribution in [0.25, 0.3) is 6.08 Å². The molecule has 0 amide bonds. The summed E-state index contributed by atoms with van der Waals surface area (Å²) in [6.07, 6.45) is 3.06. The van der Waals surface area contributed by atoms with Crippen LogP contribution in [0, 0.1) is 6.92 Å². The van der Waals surface area contributed by atoms with Crippen molar-refractivity contribution in [3.63, 3.8) is 0 Å². The minimum atomic E-state index is -0.204. The summed E-state index contributed by atoms with van der Waals surface area (Å²) in [7, 11) is 0. The zero-order chi connectivity index (χ0) is 11.4. The summed E-state index contributed by atoms with van der Waals surface area (Å²) in [6.45, 7) is 1.67. The number of hydrogen-bond acceptors (Lipinski definition) is 5. The highest BCUT2D eigenvalue weighted by Crippen LogP contribution is 2.25. The van der Waals surface area contributed by atoms with E-state index in [0.29, 0.717) is 22.5 Å². The van der Waals surface area contributed by atoms with Gasteiger partial charge in [-0.25, -0.2) is 0 Å². The van der Waals surface area contributed by atoms with Gasteiger partial charge in [-0.2, -0.15) is 0 Å². The first kappa shape index (κ1) is 11.5. The molecule has 5 heteroatoms. The normalized spacial score (nSPS) is 11.8. The zero-order valence-electron chi connectivity index (χ0n) is 8.57. The first-order chi connectivity index (χ1) is 7.10. The fourth-order valence-corrected chi connectivity index (χ4v) is 1.18. The molecule has 0 aliphatic carbocycles. The monoisotopic (exact) mass is 209 g/mol. The number of nitrogens with two attached hydrogens (primary N) is 2. The average Bonchev–Trinajstić information content (AvgIpc) is 2.25. The van der Waals surface area contributed by atoms with Crippen LogP contribution in [0.3, 0.4) is 0 Å². The maximum Gasteiger partial charge on any atom is 0.144 e. The van der Waals surface area contributed by atoms with Crippen molar-refractivity contribution in [3.05, 3.63) is 28.7 Å². The number of hydrogen-bond donors (Lipinski definition) is 4. The van der Waals surface area contributed by atoms with E-state index in [1.165, 1.54) is 6.20 Å². The average molecular weight is 209 g/mol. The lowest BCUT2D eigenvalue weighted by atomic mass is 10.1. The van der Waals surface area contributed by atoms with Crippen LogP contribution in [0.2, 0.25) is 0 Å². The van der Waals surface area contributed by atoms with Gasteiger partial charge in [0.15, 0.2) is 0 Å². The summed E-state index contributed by atoms with van der Waals surface area (Å²) in [5.41, 5.74) is 12.8. The maximum absolute atomic E-state index is 9.74. The molecule has 0 atom stereocenters. The Kier molecular flexibility index (Phi) is 3.65. The van der Waals surface area contributed by atoms with Gasteiger partial charge in [0.25, 0.3) is 0 Å². The molecular weight excluding hydrogens is 194 g/mol. The van der Waals surface area contributed by atoms with Crippen molar-refractivity contribution in [1.29, 1.82) is 0 Å². The Labute approximate surface area is 88.1 Å². The zero-order valence-corrected chi connectivity index (χ0v) is 8.57. The van der Waals surface area contributed by atoms with Gasteiger partial charge in [-0.15, -0.1) is 0 Å². The Balaban J connectivity index is 3.30. The van der Waals surface area contributed by atoms with E-state index in [4.69, 9.17) is 16.6 Å². The van der Waals surface area contributed by atoms with E-state index in [1.54, 1.807) is 13.0 Å². The fourth-order valence-electron chi connectivity index (χ4n) is 1.18. The molecule has 1 aromatic heterocycles. The van der Waals surface area contributed by atoms with Gasteiger partial charge in [0.05, 0.1) is 12.3 Å². The number of rotatable bonds is 3. The van der Waals surface area contributed by atoms with Gasteiger partial charge in [0.1, 0.15) is 5.75 Å². The first-order valence-electron chi connectivity index (χ1n) is 4.54. The molecule has 5 nitrogen and oxygen atoms in total. The van der Waals surface area contributed by atoms with Gasteiger partial charge in [-0.3, -0.25) is 4.98 Å².